The van der Waals surface area contributed by atoms with E-state index in [0.717, 1.165) is 0 Å². The summed E-state index contributed by atoms with van der Waals surface area (Å²) >= 11 is 0. The fourth-order valence-corrected chi connectivity index (χ4v) is 1.22. The Morgan fingerprint density at radius 1 is 1.47 bits per heavy atom. The second-order valence-corrected chi connectivity index (χ2v) is 3.05. The van der Waals surface area contributed by atoms with Gasteiger partial charge in [-0.1, -0.05) is 0 Å². The van der Waals surface area contributed by atoms with E-state index in [2.05, 4.69) is 9.97 Å². The molecule has 2 aromatic rings. The molecule has 0 saturated carbocycles. The van der Waals surface area contributed by atoms with Gasteiger partial charge in [0.2, 0.25) is 17.9 Å². The smallest absolute Gasteiger partial charge is 0.233 e. The highest BCUT2D eigenvalue weighted by Gasteiger charge is 2.24. The second kappa shape index (κ2) is 5.37. The van der Waals surface area contributed by atoms with Gasteiger partial charge in [-0.15, -0.1) is 0 Å². The lowest BCUT2D eigenvalue weighted by Gasteiger charge is -2.09. The summed E-state index contributed by atoms with van der Waals surface area (Å²) < 4.78 is 20.3. The third kappa shape index (κ3) is 2.58. The predicted molar refractivity (Wildman–Crippen MR) is 53.2 cm³/mol. The molecule has 0 aliphatic heterocycles. The summed E-state index contributed by atoms with van der Waals surface area (Å²) in [6.07, 6.45) is 3.95. The first-order chi connectivity index (χ1) is 8.35. The molecule has 2 rings (SSSR count). The number of aromatic nitrogens is 2. The molecule has 90 valence electrons. The van der Waals surface area contributed by atoms with E-state index in [0.29, 0.717) is 6.29 Å². The number of ether oxygens (including phenoxy) is 2. The Morgan fingerprint density at radius 3 is 2.94 bits per heavy atom. The summed E-state index contributed by atoms with van der Waals surface area (Å²) in [7, 11) is 1.49. The van der Waals surface area contributed by atoms with Crippen molar-refractivity contribution in [2.24, 2.45) is 0 Å². The molecule has 0 spiro atoms. The van der Waals surface area contributed by atoms with E-state index in [1.54, 1.807) is 0 Å². The molecule has 0 fully saturated rings. The van der Waals surface area contributed by atoms with Crippen LogP contribution in [0.2, 0.25) is 0 Å². The molecular weight excluding hydrogens is 228 g/mol. The van der Waals surface area contributed by atoms with Gasteiger partial charge in [-0.05, 0) is 0 Å². The zero-order valence-corrected chi connectivity index (χ0v) is 9.03. The molecule has 0 radical (unpaired) electrons. The van der Waals surface area contributed by atoms with Gasteiger partial charge in [0.15, 0.2) is 6.29 Å². The molecule has 2 heterocycles. The van der Waals surface area contributed by atoms with Gasteiger partial charge >= 0.3 is 0 Å². The summed E-state index contributed by atoms with van der Waals surface area (Å²) in [6.45, 7) is 0.0197. The molecular formula is C10H10N2O5. The maximum Gasteiger partial charge on any atom is 0.233 e. The number of methoxy groups -OCH3 is 1. The molecule has 0 bridgehead atoms. The molecule has 17 heavy (non-hydrogen) atoms. The third-order valence-electron chi connectivity index (χ3n) is 1.91. The summed E-state index contributed by atoms with van der Waals surface area (Å²) in [5.41, 5.74) is 0.178. The first-order valence-corrected chi connectivity index (χ1v) is 4.75. The van der Waals surface area contributed by atoms with E-state index in [1.807, 2.05) is 0 Å². The van der Waals surface area contributed by atoms with Crippen LogP contribution in [0.25, 0.3) is 0 Å². The van der Waals surface area contributed by atoms with Gasteiger partial charge < -0.3 is 18.3 Å². The van der Waals surface area contributed by atoms with E-state index in [9.17, 15) is 4.79 Å². The highest BCUT2D eigenvalue weighted by Crippen LogP contribution is 2.23. The lowest BCUT2D eigenvalue weighted by atomic mass is 10.3. The van der Waals surface area contributed by atoms with Crippen LogP contribution in [0, 0.1) is 0 Å². The van der Waals surface area contributed by atoms with Gasteiger partial charge in [-0.3, -0.25) is 4.79 Å². The van der Waals surface area contributed by atoms with Crippen LogP contribution < -0.4 is 0 Å². The number of nitrogens with zero attached hydrogens (tertiary/aromatic N) is 2. The molecule has 0 N–H and O–H groups in total. The van der Waals surface area contributed by atoms with E-state index in [1.165, 1.54) is 25.8 Å². The Bertz CT molecular complexity index is 465. The van der Waals surface area contributed by atoms with Crippen LogP contribution in [0.15, 0.2) is 27.6 Å². The monoisotopic (exact) mass is 238 g/mol. The van der Waals surface area contributed by atoms with Gasteiger partial charge in [-0.2, -0.15) is 0 Å². The zero-order valence-electron chi connectivity index (χ0n) is 9.03. The minimum atomic E-state index is -0.737. The lowest BCUT2D eigenvalue weighted by Crippen LogP contribution is -2.09. The van der Waals surface area contributed by atoms with Crippen LogP contribution in [-0.2, 0) is 9.47 Å². The van der Waals surface area contributed by atoms with Crippen molar-refractivity contribution in [2.45, 2.75) is 6.10 Å². The molecule has 7 heteroatoms. The third-order valence-corrected chi connectivity index (χ3v) is 1.91. The van der Waals surface area contributed by atoms with Crippen molar-refractivity contribution in [1.29, 1.82) is 0 Å². The zero-order chi connectivity index (χ0) is 12.1. The number of hydrogen-bond donors (Lipinski definition) is 0. The number of aldehydes is 1. The Labute approximate surface area is 96.4 Å². The maximum absolute atomic E-state index is 10.5. The molecule has 0 amide bonds. The number of hydrogen-bond acceptors (Lipinski definition) is 7. The van der Waals surface area contributed by atoms with Crippen molar-refractivity contribution in [3.05, 3.63) is 36.2 Å². The van der Waals surface area contributed by atoms with Crippen LogP contribution in [0.3, 0.4) is 0 Å². The van der Waals surface area contributed by atoms with E-state index in [-0.39, 0.29) is 24.3 Å². The second-order valence-electron chi connectivity index (χ2n) is 3.05. The molecule has 0 unspecified atom stereocenters. The molecule has 0 aliphatic carbocycles. The van der Waals surface area contributed by atoms with Gasteiger partial charge in [0.05, 0.1) is 6.20 Å². The van der Waals surface area contributed by atoms with Crippen molar-refractivity contribution >= 4 is 6.29 Å². The van der Waals surface area contributed by atoms with Gasteiger partial charge in [0.1, 0.15) is 25.0 Å². The van der Waals surface area contributed by atoms with E-state index < -0.39 is 6.10 Å². The standard InChI is InChI=1S/C10H10N2O5/c1-14-6-17-8(9-11-2-3-15-9)10-12-7(4-13)5-16-10/h2-5,8H,6H2,1H3/t8-/m0/s1. The molecule has 0 saturated heterocycles. The topological polar surface area (TPSA) is 87.6 Å². The van der Waals surface area contributed by atoms with Gasteiger partial charge in [-0.25, -0.2) is 9.97 Å². The first kappa shape index (κ1) is 11.5. The Balaban J connectivity index is 2.23. The van der Waals surface area contributed by atoms with Crippen LogP contribution in [0.5, 0.6) is 0 Å². The van der Waals surface area contributed by atoms with Crippen molar-refractivity contribution in [2.75, 3.05) is 13.9 Å². The first-order valence-electron chi connectivity index (χ1n) is 4.75. The molecule has 1 atom stereocenters. The predicted octanol–water partition coefficient (Wildman–Crippen LogP) is 1.19. The molecule has 2 aromatic heterocycles. The maximum atomic E-state index is 10.5. The molecule has 0 aliphatic rings. The van der Waals surface area contributed by atoms with Crippen LogP contribution in [0.4, 0.5) is 0 Å². The molecule has 7 nitrogen and oxygen atoms in total. The van der Waals surface area contributed by atoms with Crippen molar-refractivity contribution in [1.82, 2.24) is 9.97 Å². The lowest BCUT2D eigenvalue weighted by molar-refractivity contribution is -0.0743. The van der Waals surface area contributed by atoms with E-state index >= 15 is 0 Å². The summed E-state index contributed by atoms with van der Waals surface area (Å²) in [6, 6.07) is 0. The summed E-state index contributed by atoms with van der Waals surface area (Å²) in [5.74, 6) is 0.466. The minimum Gasteiger partial charge on any atom is -0.446 e. The van der Waals surface area contributed by atoms with Crippen molar-refractivity contribution in [3.8, 4) is 0 Å². The fraction of sp³-hybridized carbons (Fsp3) is 0.300. The van der Waals surface area contributed by atoms with Gasteiger partial charge in [0, 0.05) is 7.11 Å². The number of carbonyl (C=O) groups excluding carboxylic acids is 1. The van der Waals surface area contributed by atoms with Crippen LogP contribution in [0.1, 0.15) is 28.4 Å². The van der Waals surface area contributed by atoms with Crippen molar-refractivity contribution < 1.29 is 23.1 Å². The largest absolute Gasteiger partial charge is 0.446 e. The Morgan fingerprint density at radius 2 is 2.35 bits per heavy atom. The fourth-order valence-electron chi connectivity index (χ4n) is 1.22. The van der Waals surface area contributed by atoms with E-state index in [4.69, 9.17) is 18.3 Å². The summed E-state index contributed by atoms with van der Waals surface area (Å²) in [4.78, 5) is 18.4. The van der Waals surface area contributed by atoms with Crippen LogP contribution >= 0.6 is 0 Å². The highest BCUT2D eigenvalue weighted by molar-refractivity contribution is 5.70. The number of oxazole rings is 2. The highest BCUT2D eigenvalue weighted by atomic mass is 16.7. The number of rotatable bonds is 6. The average molecular weight is 238 g/mol. The van der Waals surface area contributed by atoms with Crippen molar-refractivity contribution in [3.63, 3.8) is 0 Å². The van der Waals surface area contributed by atoms with Crippen LogP contribution in [-0.4, -0.2) is 30.2 Å². The summed E-state index contributed by atoms with van der Waals surface area (Å²) in [5, 5.41) is 0. The minimum absolute atomic E-state index is 0.0197. The number of carbonyl (C=O) groups is 1. The average Bonchev–Trinajstić information content (AvgIpc) is 3.00. The van der Waals surface area contributed by atoms with Gasteiger partial charge in [0.25, 0.3) is 0 Å². The SMILES string of the molecule is COCO[C@@H](c1ncco1)c1nc(C=O)co1. The Hall–Kier alpha value is -1.99. The quantitative estimate of drug-likeness (QED) is 0.551. The Kier molecular flexibility index (Phi) is 3.63. The normalized spacial score (nSPS) is 12.5. The molecule has 0 aromatic carbocycles.